The van der Waals surface area contributed by atoms with Gasteiger partial charge in [-0.25, -0.2) is 4.98 Å². The molecule has 0 fully saturated rings. The number of allylic oxidation sites excluding steroid dienone is 1. The van der Waals surface area contributed by atoms with Gasteiger partial charge in [0.15, 0.2) is 11.0 Å². The summed E-state index contributed by atoms with van der Waals surface area (Å²) in [6.07, 6.45) is 1.87. The number of hydrogen-bond acceptors (Lipinski definition) is 4. The Hall–Kier alpha value is -2.86. The van der Waals surface area contributed by atoms with Crippen LogP contribution in [-0.2, 0) is 12.3 Å². The maximum Gasteiger partial charge on any atom is 0.192 e. The van der Waals surface area contributed by atoms with Crippen molar-refractivity contribution in [1.82, 2.24) is 24.7 Å². The van der Waals surface area contributed by atoms with Crippen molar-refractivity contribution in [3.63, 3.8) is 0 Å². The first kappa shape index (κ1) is 16.6. The summed E-state index contributed by atoms with van der Waals surface area (Å²) in [7, 11) is 0. The van der Waals surface area contributed by atoms with E-state index in [1.54, 1.807) is 11.8 Å². The molecule has 0 bridgehead atoms. The van der Waals surface area contributed by atoms with E-state index in [4.69, 9.17) is 0 Å². The van der Waals surface area contributed by atoms with Crippen molar-refractivity contribution in [1.29, 1.82) is 0 Å². The van der Waals surface area contributed by atoms with E-state index in [9.17, 15) is 0 Å². The second kappa shape index (κ2) is 7.17. The number of rotatable bonds is 6. The van der Waals surface area contributed by atoms with Crippen molar-refractivity contribution >= 4 is 22.8 Å². The standard InChI is InChI=1S/C20H19N5S/c1-3-11-25-19(15-8-6-7-14(2)12-15)23-24-20(25)26-13-18-21-16-9-4-5-10-17(16)22-18/h3-10,12H,1,11,13H2,2H3,(H,21,22). The lowest BCUT2D eigenvalue weighted by Crippen LogP contribution is -2.01. The number of aryl methyl sites for hydroxylation is 1. The molecule has 130 valence electrons. The van der Waals surface area contributed by atoms with Gasteiger partial charge in [-0.05, 0) is 25.1 Å². The summed E-state index contributed by atoms with van der Waals surface area (Å²) in [6.45, 7) is 6.62. The van der Waals surface area contributed by atoms with Gasteiger partial charge in [-0.15, -0.1) is 16.8 Å². The molecule has 2 aromatic heterocycles. The zero-order valence-corrected chi connectivity index (χ0v) is 15.3. The van der Waals surface area contributed by atoms with E-state index in [2.05, 4.69) is 56.4 Å². The third-order valence-electron chi connectivity index (χ3n) is 4.08. The van der Waals surface area contributed by atoms with E-state index in [-0.39, 0.29) is 0 Å². The molecule has 4 rings (SSSR count). The fourth-order valence-electron chi connectivity index (χ4n) is 2.89. The third-order valence-corrected chi connectivity index (χ3v) is 5.06. The van der Waals surface area contributed by atoms with Crippen LogP contribution in [-0.4, -0.2) is 24.7 Å². The number of H-pyrrole nitrogens is 1. The highest BCUT2D eigenvalue weighted by Gasteiger charge is 2.14. The van der Waals surface area contributed by atoms with Crippen LogP contribution in [0.3, 0.4) is 0 Å². The first-order chi connectivity index (χ1) is 12.7. The minimum absolute atomic E-state index is 0.665. The van der Waals surface area contributed by atoms with Crippen LogP contribution in [0.5, 0.6) is 0 Å². The quantitative estimate of drug-likeness (QED) is 0.402. The van der Waals surface area contributed by atoms with Crippen LogP contribution in [0.15, 0.2) is 66.3 Å². The largest absolute Gasteiger partial charge is 0.341 e. The van der Waals surface area contributed by atoms with E-state index < -0.39 is 0 Å². The van der Waals surface area contributed by atoms with E-state index in [0.717, 1.165) is 33.4 Å². The summed E-state index contributed by atoms with van der Waals surface area (Å²) < 4.78 is 2.09. The highest BCUT2D eigenvalue weighted by molar-refractivity contribution is 7.98. The number of aromatic amines is 1. The average molecular weight is 361 g/mol. The molecule has 4 aromatic rings. The lowest BCUT2D eigenvalue weighted by Gasteiger charge is -2.07. The number of fused-ring (bicyclic) bond motifs is 1. The molecule has 0 saturated heterocycles. The van der Waals surface area contributed by atoms with Gasteiger partial charge in [0.25, 0.3) is 0 Å². The van der Waals surface area contributed by atoms with E-state index in [1.165, 1.54) is 5.56 Å². The van der Waals surface area contributed by atoms with Gasteiger partial charge in [-0.3, -0.25) is 4.57 Å². The molecule has 0 radical (unpaired) electrons. The molecular formula is C20H19N5S. The second-order valence-corrected chi connectivity index (χ2v) is 7.01. The van der Waals surface area contributed by atoms with Crippen molar-refractivity contribution < 1.29 is 0 Å². The van der Waals surface area contributed by atoms with E-state index in [0.29, 0.717) is 12.3 Å². The zero-order chi connectivity index (χ0) is 17.9. The molecule has 0 atom stereocenters. The number of hydrogen-bond donors (Lipinski definition) is 1. The molecule has 2 heterocycles. The fourth-order valence-corrected chi connectivity index (χ4v) is 3.71. The maximum absolute atomic E-state index is 4.63. The lowest BCUT2D eigenvalue weighted by atomic mass is 10.1. The van der Waals surface area contributed by atoms with Crippen LogP contribution in [0, 0.1) is 6.92 Å². The summed E-state index contributed by atoms with van der Waals surface area (Å²) >= 11 is 1.62. The first-order valence-corrected chi connectivity index (χ1v) is 9.41. The Bertz CT molecular complexity index is 1030. The number of thioether (sulfide) groups is 1. The Labute approximate surface area is 156 Å². The summed E-state index contributed by atoms with van der Waals surface area (Å²) in [5.74, 6) is 2.50. The molecule has 2 aromatic carbocycles. The molecule has 1 N–H and O–H groups in total. The second-order valence-electron chi connectivity index (χ2n) is 6.06. The van der Waals surface area contributed by atoms with E-state index >= 15 is 0 Å². The Balaban J connectivity index is 1.60. The summed E-state index contributed by atoms with van der Waals surface area (Å²) in [5, 5.41) is 9.67. The van der Waals surface area contributed by atoms with Gasteiger partial charge in [0, 0.05) is 12.1 Å². The first-order valence-electron chi connectivity index (χ1n) is 8.42. The van der Waals surface area contributed by atoms with E-state index in [1.807, 2.05) is 36.4 Å². The van der Waals surface area contributed by atoms with Crippen molar-refractivity contribution in [3.05, 3.63) is 72.6 Å². The monoisotopic (exact) mass is 361 g/mol. The number of imidazole rings is 1. The van der Waals surface area contributed by atoms with Crippen LogP contribution in [0.4, 0.5) is 0 Å². The van der Waals surface area contributed by atoms with Gasteiger partial charge in [0.05, 0.1) is 16.8 Å². The minimum atomic E-state index is 0.665. The SMILES string of the molecule is C=CCn1c(SCc2nc3ccccc3[nH]2)nnc1-c1cccc(C)c1. The van der Waals surface area contributed by atoms with Crippen LogP contribution < -0.4 is 0 Å². The zero-order valence-electron chi connectivity index (χ0n) is 14.5. The number of aromatic nitrogens is 5. The number of benzene rings is 2. The number of nitrogens with zero attached hydrogens (tertiary/aromatic N) is 4. The van der Waals surface area contributed by atoms with Crippen LogP contribution in [0.25, 0.3) is 22.4 Å². The van der Waals surface area contributed by atoms with Gasteiger partial charge < -0.3 is 4.98 Å². The Kier molecular flexibility index (Phi) is 4.58. The molecule has 26 heavy (non-hydrogen) atoms. The number of nitrogens with one attached hydrogen (secondary N) is 1. The van der Waals surface area contributed by atoms with Gasteiger partial charge in [0.2, 0.25) is 0 Å². The third kappa shape index (κ3) is 3.28. The topological polar surface area (TPSA) is 59.4 Å². The summed E-state index contributed by atoms with van der Waals surface area (Å²) in [4.78, 5) is 7.98. The highest BCUT2D eigenvalue weighted by Crippen LogP contribution is 2.27. The van der Waals surface area contributed by atoms with Gasteiger partial charge in [-0.2, -0.15) is 0 Å². The smallest absolute Gasteiger partial charge is 0.192 e. The fraction of sp³-hybridized carbons (Fsp3) is 0.150. The molecule has 0 aliphatic carbocycles. The molecule has 6 heteroatoms. The van der Waals surface area contributed by atoms with Gasteiger partial charge in [-0.1, -0.05) is 53.7 Å². The normalized spacial score (nSPS) is 11.1. The van der Waals surface area contributed by atoms with Crippen LogP contribution in [0.2, 0.25) is 0 Å². The summed E-state index contributed by atoms with van der Waals surface area (Å²) in [6, 6.07) is 16.3. The Morgan fingerprint density at radius 3 is 2.85 bits per heavy atom. The molecular weight excluding hydrogens is 342 g/mol. The van der Waals surface area contributed by atoms with Crippen LogP contribution in [0.1, 0.15) is 11.4 Å². The molecule has 0 spiro atoms. The molecule has 0 amide bonds. The predicted molar refractivity (Wildman–Crippen MR) is 106 cm³/mol. The Morgan fingerprint density at radius 2 is 2.04 bits per heavy atom. The van der Waals surface area contributed by atoms with Crippen LogP contribution >= 0.6 is 11.8 Å². The molecule has 0 aliphatic heterocycles. The molecule has 0 saturated carbocycles. The van der Waals surface area contributed by atoms with Crippen molar-refractivity contribution in [2.75, 3.05) is 0 Å². The Morgan fingerprint density at radius 1 is 1.15 bits per heavy atom. The van der Waals surface area contributed by atoms with Crippen molar-refractivity contribution in [3.8, 4) is 11.4 Å². The maximum atomic E-state index is 4.63. The highest BCUT2D eigenvalue weighted by atomic mass is 32.2. The van der Waals surface area contributed by atoms with Crippen molar-refractivity contribution in [2.45, 2.75) is 24.4 Å². The van der Waals surface area contributed by atoms with Gasteiger partial charge >= 0.3 is 0 Å². The predicted octanol–water partition coefficient (Wildman–Crippen LogP) is 4.61. The summed E-state index contributed by atoms with van der Waals surface area (Å²) in [5.41, 5.74) is 4.30. The molecule has 5 nitrogen and oxygen atoms in total. The lowest BCUT2D eigenvalue weighted by molar-refractivity contribution is 0.730. The molecule has 0 unspecified atom stereocenters. The minimum Gasteiger partial charge on any atom is -0.341 e. The van der Waals surface area contributed by atoms with Crippen molar-refractivity contribution in [2.24, 2.45) is 0 Å². The number of para-hydroxylation sites is 2. The molecule has 0 aliphatic rings. The van der Waals surface area contributed by atoms with Gasteiger partial charge in [0.1, 0.15) is 5.82 Å². The average Bonchev–Trinajstić information content (AvgIpc) is 3.24.